The summed E-state index contributed by atoms with van der Waals surface area (Å²) < 4.78 is 34.0. The number of aliphatic hydroxyl groups is 4. The Morgan fingerprint density at radius 3 is 2.21 bits per heavy atom. The van der Waals surface area contributed by atoms with Crippen LogP contribution in [0.1, 0.15) is 33.6 Å². The second kappa shape index (κ2) is 9.99. The van der Waals surface area contributed by atoms with Crippen molar-refractivity contribution in [2.24, 2.45) is 11.7 Å². The number of carbonyl (C=O) groups excluding carboxylic acids is 2. The van der Waals surface area contributed by atoms with Crippen molar-refractivity contribution in [3.05, 3.63) is 0 Å². The molecule has 0 aromatic heterocycles. The Hall–Kier alpha value is -1.24. The molecular formula is C17H30F2N2O7. The Labute approximate surface area is 161 Å². The predicted octanol–water partition coefficient (Wildman–Crippen LogP) is -1.70. The number of aliphatic hydroxyl groups excluding tert-OH is 4. The molecule has 1 fully saturated rings. The number of alkyl halides is 2. The maximum Gasteiger partial charge on any atom is 0.278 e. The lowest BCUT2D eigenvalue weighted by atomic mass is 9.88. The summed E-state index contributed by atoms with van der Waals surface area (Å²) in [6, 6.07) is -1.79. The van der Waals surface area contributed by atoms with Crippen LogP contribution in [0, 0.1) is 5.92 Å². The van der Waals surface area contributed by atoms with Crippen molar-refractivity contribution >= 4 is 11.7 Å². The second-order valence-electron chi connectivity index (χ2n) is 7.56. The molecular weight excluding hydrogens is 382 g/mol. The van der Waals surface area contributed by atoms with Crippen molar-refractivity contribution in [3.63, 3.8) is 0 Å². The van der Waals surface area contributed by atoms with E-state index in [2.05, 4.69) is 5.32 Å². The predicted molar refractivity (Wildman–Crippen MR) is 93.4 cm³/mol. The van der Waals surface area contributed by atoms with E-state index in [-0.39, 0.29) is 12.5 Å². The van der Waals surface area contributed by atoms with Gasteiger partial charge in [0, 0.05) is 24.8 Å². The number of hydrogen-bond donors (Lipinski definition) is 6. The average Bonchev–Trinajstić information content (AvgIpc) is 2.58. The summed E-state index contributed by atoms with van der Waals surface area (Å²) >= 11 is 0. The zero-order chi connectivity index (χ0) is 21.8. The molecule has 0 bridgehead atoms. The SMILES string of the molecule is CC(C)NC(=O)[C@H](C)CC(=O)C(N)CC(F)(F)[C@H]1O[C@H](CO)[C@H](O)[C@H](O)[C@H]1O. The van der Waals surface area contributed by atoms with Crippen LogP contribution < -0.4 is 11.1 Å². The number of rotatable bonds is 9. The summed E-state index contributed by atoms with van der Waals surface area (Å²) in [5.74, 6) is -5.78. The number of halogens is 2. The van der Waals surface area contributed by atoms with Gasteiger partial charge in [0.05, 0.1) is 12.6 Å². The summed E-state index contributed by atoms with van der Waals surface area (Å²) in [7, 11) is 0. The number of nitrogens with two attached hydrogens (primary N) is 1. The smallest absolute Gasteiger partial charge is 0.278 e. The molecule has 1 saturated heterocycles. The molecule has 164 valence electrons. The summed E-state index contributed by atoms with van der Waals surface area (Å²) in [5, 5.41) is 40.9. The Bertz CT molecular complexity index is 548. The molecule has 1 aliphatic rings. The van der Waals surface area contributed by atoms with Crippen LogP contribution >= 0.6 is 0 Å². The Balaban J connectivity index is 2.76. The van der Waals surface area contributed by atoms with Crippen LogP contribution in [0.3, 0.4) is 0 Å². The van der Waals surface area contributed by atoms with E-state index in [1.165, 1.54) is 6.92 Å². The van der Waals surface area contributed by atoms with E-state index in [1.54, 1.807) is 13.8 Å². The first-order valence-electron chi connectivity index (χ1n) is 9.08. The van der Waals surface area contributed by atoms with Gasteiger partial charge in [-0.2, -0.15) is 0 Å². The molecule has 11 heteroatoms. The molecule has 1 heterocycles. The van der Waals surface area contributed by atoms with Gasteiger partial charge in [-0.1, -0.05) is 6.92 Å². The van der Waals surface area contributed by atoms with Gasteiger partial charge >= 0.3 is 0 Å². The Kier molecular flexibility index (Phi) is 8.85. The van der Waals surface area contributed by atoms with Gasteiger partial charge < -0.3 is 36.2 Å². The van der Waals surface area contributed by atoms with Crippen molar-refractivity contribution in [1.82, 2.24) is 5.32 Å². The van der Waals surface area contributed by atoms with Crippen LogP contribution in [0.5, 0.6) is 0 Å². The number of Topliss-reactive ketones (excluding diaryl/α,β-unsaturated/α-hetero) is 1. The molecule has 0 saturated carbocycles. The summed E-state index contributed by atoms with van der Waals surface area (Å²) in [6.07, 6.45) is -11.2. The zero-order valence-corrected chi connectivity index (χ0v) is 16.1. The third kappa shape index (κ3) is 6.13. The summed E-state index contributed by atoms with van der Waals surface area (Å²) in [4.78, 5) is 24.0. The molecule has 0 radical (unpaired) electrons. The highest BCUT2D eigenvalue weighted by molar-refractivity contribution is 5.89. The lowest BCUT2D eigenvalue weighted by molar-refractivity contribution is -0.281. The molecule has 1 amide bonds. The summed E-state index contributed by atoms with van der Waals surface area (Å²) in [6.45, 7) is 4.08. The monoisotopic (exact) mass is 412 g/mol. The van der Waals surface area contributed by atoms with Gasteiger partial charge in [-0.05, 0) is 13.8 Å². The van der Waals surface area contributed by atoms with Crippen LogP contribution in [0.15, 0.2) is 0 Å². The van der Waals surface area contributed by atoms with Crippen LogP contribution in [-0.2, 0) is 14.3 Å². The van der Waals surface area contributed by atoms with Crippen molar-refractivity contribution in [1.29, 1.82) is 0 Å². The highest BCUT2D eigenvalue weighted by atomic mass is 19.3. The first-order chi connectivity index (χ1) is 12.8. The van der Waals surface area contributed by atoms with E-state index < -0.39 is 73.1 Å². The maximum absolute atomic E-state index is 14.6. The fourth-order valence-corrected chi connectivity index (χ4v) is 2.95. The number of ketones is 1. The Morgan fingerprint density at radius 1 is 1.14 bits per heavy atom. The number of nitrogens with one attached hydrogen (secondary N) is 1. The van der Waals surface area contributed by atoms with Crippen molar-refractivity contribution in [2.75, 3.05) is 6.61 Å². The first-order valence-corrected chi connectivity index (χ1v) is 9.08. The van der Waals surface area contributed by atoms with E-state index in [9.17, 15) is 33.7 Å². The molecule has 7 atom stereocenters. The molecule has 1 unspecified atom stereocenters. The zero-order valence-electron chi connectivity index (χ0n) is 16.1. The molecule has 0 aromatic carbocycles. The van der Waals surface area contributed by atoms with Crippen molar-refractivity contribution in [2.45, 2.75) is 82.1 Å². The maximum atomic E-state index is 14.6. The quantitative estimate of drug-likeness (QED) is 0.261. The third-order valence-corrected chi connectivity index (χ3v) is 4.60. The van der Waals surface area contributed by atoms with Gasteiger partial charge in [0.15, 0.2) is 5.78 Å². The number of carbonyl (C=O) groups is 2. The standard InChI is InChI=1S/C17H30F2N2O7/c1-7(2)21-16(27)8(3)4-10(23)9(20)5-17(18,19)15-14(26)13(25)12(24)11(6-22)28-15/h7-9,11-15,22,24-26H,4-6,20H2,1-3H3,(H,21,27)/t8-,9?,11-,12+,13+,14-,15+/m1/s1. The molecule has 9 nitrogen and oxygen atoms in total. The topological polar surface area (TPSA) is 162 Å². The molecule has 1 rings (SSSR count). The van der Waals surface area contributed by atoms with E-state index in [4.69, 9.17) is 15.6 Å². The molecule has 0 aromatic rings. The van der Waals surface area contributed by atoms with Gasteiger partial charge in [0.25, 0.3) is 5.92 Å². The van der Waals surface area contributed by atoms with Crippen LogP contribution in [0.2, 0.25) is 0 Å². The third-order valence-electron chi connectivity index (χ3n) is 4.60. The van der Waals surface area contributed by atoms with E-state index in [1.807, 2.05) is 0 Å². The largest absolute Gasteiger partial charge is 0.394 e. The van der Waals surface area contributed by atoms with Gasteiger partial charge in [0.2, 0.25) is 5.91 Å². The minimum atomic E-state index is -3.84. The number of amides is 1. The Morgan fingerprint density at radius 2 is 1.71 bits per heavy atom. The number of ether oxygens (including phenoxy) is 1. The van der Waals surface area contributed by atoms with Crippen LogP contribution in [-0.4, -0.2) is 87.2 Å². The van der Waals surface area contributed by atoms with Gasteiger partial charge in [0.1, 0.15) is 30.5 Å². The molecule has 28 heavy (non-hydrogen) atoms. The highest BCUT2D eigenvalue weighted by Crippen LogP contribution is 2.35. The van der Waals surface area contributed by atoms with E-state index in [0.29, 0.717) is 0 Å². The minimum absolute atomic E-state index is 0.144. The van der Waals surface area contributed by atoms with Crippen molar-refractivity contribution in [3.8, 4) is 0 Å². The fraction of sp³-hybridized carbons (Fsp3) is 0.882. The average molecular weight is 412 g/mol. The molecule has 1 aliphatic heterocycles. The lowest BCUT2D eigenvalue weighted by Gasteiger charge is -2.43. The number of hydrogen-bond acceptors (Lipinski definition) is 8. The second-order valence-corrected chi connectivity index (χ2v) is 7.56. The lowest BCUT2D eigenvalue weighted by Crippen LogP contribution is -2.63. The summed E-state index contributed by atoms with van der Waals surface area (Å²) in [5.41, 5.74) is 5.57. The fourth-order valence-electron chi connectivity index (χ4n) is 2.95. The molecule has 7 N–H and O–H groups in total. The van der Waals surface area contributed by atoms with Crippen LogP contribution in [0.25, 0.3) is 0 Å². The van der Waals surface area contributed by atoms with Gasteiger partial charge in [-0.15, -0.1) is 0 Å². The highest BCUT2D eigenvalue weighted by Gasteiger charge is 2.55. The van der Waals surface area contributed by atoms with E-state index >= 15 is 0 Å². The minimum Gasteiger partial charge on any atom is -0.394 e. The molecule has 0 aliphatic carbocycles. The van der Waals surface area contributed by atoms with Crippen LogP contribution in [0.4, 0.5) is 8.78 Å². The van der Waals surface area contributed by atoms with Gasteiger partial charge in [-0.3, -0.25) is 9.59 Å². The van der Waals surface area contributed by atoms with Gasteiger partial charge in [-0.25, -0.2) is 8.78 Å². The van der Waals surface area contributed by atoms with Crippen molar-refractivity contribution < 1.29 is 43.5 Å². The normalized spacial score (nSPS) is 30.8. The van der Waals surface area contributed by atoms with E-state index in [0.717, 1.165) is 0 Å². The first kappa shape index (κ1) is 24.8. The molecule has 0 spiro atoms.